The first-order valence-electron chi connectivity index (χ1n) is 4.87. The molecule has 2 aromatic rings. The van der Waals surface area contributed by atoms with Crippen LogP contribution in [-0.4, -0.2) is 11.1 Å². The molecule has 4 heteroatoms. The van der Waals surface area contributed by atoms with E-state index in [0.717, 1.165) is 5.56 Å². The number of aromatic carboxylic acids is 1. The Bertz CT molecular complexity index is 542. The highest BCUT2D eigenvalue weighted by atomic mass is 35.5. The van der Waals surface area contributed by atoms with Crippen LogP contribution in [0.1, 0.15) is 10.4 Å². The highest BCUT2D eigenvalue weighted by molar-refractivity contribution is 6.39. The zero-order chi connectivity index (χ0) is 12.4. The number of halogens is 2. The van der Waals surface area contributed by atoms with E-state index in [0.29, 0.717) is 15.6 Å². The van der Waals surface area contributed by atoms with Crippen LogP contribution in [0.5, 0.6) is 0 Å². The molecule has 0 saturated carbocycles. The Kier molecular flexibility index (Phi) is 3.36. The lowest BCUT2D eigenvalue weighted by Gasteiger charge is -2.08. The van der Waals surface area contributed by atoms with Crippen molar-refractivity contribution >= 4 is 29.2 Å². The average Bonchev–Trinajstić information content (AvgIpc) is 2.29. The van der Waals surface area contributed by atoms with Gasteiger partial charge in [0.2, 0.25) is 0 Å². The number of hydrogen-bond donors (Lipinski definition) is 1. The maximum atomic E-state index is 10.8. The van der Waals surface area contributed by atoms with Gasteiger partial charge in [-0.05, 0) is 17.7 Å². The largest absolute Gasteiger partial charge is 0.478 e. The summed E-state index contributed by atoms with van der Waals surface area (Å²) in [5.74, 6) is -1.05. The maximum Gasteiger partial charge on any atom is 0.335 e. The van der Waals surface area contributed by atoms with Crippen molar-refractivity contribution in [3.63, 3.8) is 0 Å². The second-order valence-corrected chi connectivity index (χ2v) is 4.30. The summed E-state index contributed by atoms with van der Waals surface area (Å²) in [6.45, 7) is 0. The molecule has 2 aromatic carbocycles. The van der Waals surface area contributed by atoms with Gasteiger partial charge < -0.3 is 5.11 Å². The van der Waals surface area contributed by atoms with Crippen LogP contribution in [0.25, 0.3) is 11.1 Å². The molecule has 0 spiro atoms. The fraction of sp³-hybridized carbons (Fsp3) is 0. The van der Waals surface area contributed by atoms with Crippen molar-refractivity contribution in [1.82, 2.24) is 0 Å². The predicted molar refractivity (Wildman–Crippen MR) is 68.9 cm³/mol. The number of hydrogen-bond acceptors (Lipinski definition) is 1. The molecule has 1 N–H and O–H groups in total. The summed E-state index contributed by atoms with van der Waals surface area (Å²) in [4.78, 5) is 10.8. The lowest BCUT2D eigenvalue weighted by molar-refractivity contribution is 0.0697. The number of carboxylic acid groups (broad SMARTS) is 1. The average molecular weight is 267 g/mol. The fourth-order valence-corrected chi connectivity index (χ4v) is 2.28. The van der Waals surface area contributed by atoms with Crippen molar-refractivity contribution in [1.29, 1.82) is 0 Å². The minimum atomic E-state index is -1.05. The summed E-state index contributed by atoms with van der Waals surface area (Å²) in [6.07, 6.45) is 0. The van der Waals surface area contributed by atoms with Gasteiger partial charge in [0.15, 0.2) is 0 Å². The number of rotatable bonds is 2. The number of benzene rings is 2. The van der Waals surface area contributed by atoms with E-state index in [2.05, 4.69) is 0 Å². The van der Waals surface area contributed by atoms with Crippen LogP contribution in [0.15, 0.2) is 42.5 Å². The van der Waals surface area contributed by atoms with Gasteiger partial charge in [0, 0.05) is 5.56 Å². The normalized spacial score (nSPS) is 10.2. The van der Waals surface area contributed by atoms with Crippen LogP contribution < -0.4 is 0 Å². The summed E-state index contributed by atoms with van der Waals surface area (Å²) in [5.41, 5.74) is 1.60. The Morgan fingerprint density at radius 3 is 2.00 bits per heavy atom. The number of carbonyl (C=O) groups is 1. The SMILES string of the molecule is O=C(O)c1cc(Cl)c(-c2ccccc2)c(Cl)c1. The third-order valence-corrected chi connectivity index (χ3v) is 2.95. The molecular formula is C13H8Cl2O2. The molecule has 0 amide bonds. The highest BCUT2D eigenvalue weighted by Gasteiger charge is 2.13. The molecule has 0 aliphatic heterocycles. The molecule has 17 heavy (non-hydrogen) atoms. The van der Waals surface area contributed by atoms with E-state index in [1.165, 1.54) is 12.1 Å². The van der Waals surface area contributed by atoms with E-state index in [1.54, 1.807) is 0 Å². The molecule has 0 aromatic heterocycles. The second-order valence-electron chi connectivity index (χ2n) is 3.49. The van der Waals surface area contributed by atoms with E-state index in [4.69, 9.17) is 28.3 Å². The Labute approximate surface area is 108 Å². The van der Waals surface area contributed by atoms with Gasteiger partial charge in [-0.3, -0.25) is 0 Å². The smallest absolute Gasteiger partial charge is 0.335 e. The number of carboxylic acids is 1. The third kappa shape index (κ3) is 2.43. The topological polar surface area (TPSA) is 37.3 Å². The first kappa shape index (κ1) is 12.0. The van der Waals surface area contributed by atoms with Crippen molar-refractivity contribution in [2.24, 2.45) is 0 Å². The van der Waals surface area contributed by atoms with Crippen LogP contribution in [0, 0.1) is 0 Å². The zero-order valence-corrected chi connectivity index (χ0v) is 10.2. The van der Waals surface area contributed by atoms with Gasteiger partial charge in [0.05, 0.1) is 15.6 Å². The minimum Gasteiger partial charge on any atom is -0.478 e. The van der Waals surface area contributed by atoms with Gasteiger partial charge in [-0.1, -0.05) is 53.5 Å². The summed E-state index contributed by atoms with van der Waals surface area (Å²) < 4.78 is 0. The molecule has 0 atom stereocenters. The van der Waals surface area contributed by atoms with E-state index < -0.39 is 5.97 Å². The van der Waals surface area contributed by atoms with Crippen LogP contribution >= 0.6 is 23.2 Å². The summed E-state index contributed by atoms with van der Waals surface area (Å²) in [6, 6.07) is 12.2. The standard InChI is InChI=1S/C13H8Cl2O2/c14-10-6-9(13(16)17)7-11(15)12(10)8-4-2-1-3-5-8/h1-7H,(H,16,17). The van der Waals surface area contributed by atoms with E-state index >= 15 is 0 Å². The van der Waals surface area contributed by atoms with Crippen LogP contribution in [0.3, 0.4) is 0 Å². The fourth-order valence-electron chi connectivity index (χ4n) is 1.58. The van der Waals surface area contributed by atoms with Crippen molar-refractivity contribution in [2.75, 3.05) is 0 Å². The quantitative estimate of drug-likeness (QED) is 0.877. The third-order valence-electron chi connectivity index (χ3n) is 2.35. The van der Waals surface area contributed by atoms with E-state index in [1.807, 2.05) is 30.3 Å². The molecule has 0 bridgehead atoms. The van der Waals surface area contributed by atoms with Crippen LogP contribution in [-0.2, 0) is 0 Å². The van der Waals surface area contributed by atoms with Gasteiger partial charge in [-0.25, -0.2) is 4.79 Å². The zero-order valence-electron chi connectivity index (χ0n) is 8.65. The minimum absolute atomic E-state index is 0.0830. The van der Waals surface area contributed by atoms with Crippen molar-refractivity contribution in [3.05, 3.63) is 58.1 Å². The first-order valence-corrected chi connectivity index (χ1v) is 5.63. The van der Waals surface area contributed by atoms with Crippen molar-refractivity contribution < 1.29 is 9.90 Å². The van der Waals surface area contributed by atoms with E-state index in [-0.39, 0.29) is 5.56 Å². The lowest BCUT2D eigenvalue weighted by Crippen LogP contribution is -1.96. The van der Waals surface area contributed by atoms with E-state index in [9.17, 15) is 4.79 Å². The summed E-state index contributed by atoms with van der Waals surface area (Å²) in [5, 5.41) is 9.55. The first-order chi connectivity index (χ1) is 8.09. The predicted octanol–water partition coefficient (Wildman–Crippen LogP) is 4.36. The molecule has 0 saturated heterocycles. The molecule has 0 fully saturated rings. The van der Waals surface area contributed by atoms with Gasteiger partial charge in [-0.15, -0.1) is 0 Å². The molecular weight excluding hydrogens is 259 g/mol. The molecule has 2 nitrogen and oxygen atoms in total. The molecule has 0 unspecified atom stereocenters. The van der Waals surface area contributed by atoms with Crippen LogP contribution in [0.2, 0.25) is 10.0 Å². The van der Waals surface area contributed by atoms with Crippen LogP contribution in [0.4, 0.5) is 0 Å². The second kappa shape index (κ2) is 4.78. The summed E-state index contributed by atoms with van der Waals surface area (Å²) >= 11 is 12.1. The molecule has 0 heterocycles. The molecule has 0 aliphatic carbocycles. The van der Waals surface area contributed by atoms with Crippen molar-refractivity contribution in [3.8, 4) is 11.1 Å². The van der Waals surface area contributed by atoms with Gasteiger partial charge in [-0.2, -0.15) is 0 Å². The molecule has 86 valence electrons. The molecule has 2 rings (SSSR count). The lowest BCUT2D eigenvalue weighted by atomic mass is 10.0. The van der Waals surface area contributed by atoms with Gasteiger partial charge in [0.25, 0.3) is 0 Å². The highest BCUT2D eigenvalue weighted by Crippen LogP contribution is 2.35. The molecule has 0 aliphatic rings. The Morgan fingerprint density at radius 1 is 1.00 bits per heavy atom. The Morgan fingerprint density at radius 2 is 1.53 bits per heavy atom. The van der Waals surface area contributed by atoms with Gasteiger partial charge >= 0.3 is 5.97 Å². The maximum absolute atomic E-state index is 10.8. The monoisotopic (exact) mass is 266 g/mol. The van der Waals surface area contributed by atoms with Gasteiger partial charge in [0.1, 0.15) is 0 Å². The summed E-state index contributed by atoms with van der Waals surface area (Å²) in [7, 11) is 0. The van der Waals surface area contributed by atoms with Crippen molar-refractivity contribution in [2.45, 2.75) is 0 Å². The Balaban J connectivity index is 2.61. The Hall–Kier alpha value is -1.51. The molecule has 0 radical (unpaired) electrons.